The van der Waals surface area contributed by atoms with Gasteiger partial charge in [0.15, 0.2) is 0 Å². The summed E-state index contributed by atoms with van der Waals surface area (Å²) < 4.78 is 32.3. The van der Waals surface area contributed by atoms with Crippen LogP contribution in [0.5, 0.6) is 5.75 Å². The summed E-state index contributed by atoms with van der Waals surface area (Å²) in [5, 5.41) is 6.83. The molecule has 0 spiro atoms. The van der Waals surface area contributed by atoms with Crippen molar-refractivity contribution >= 4 is 15.7 Å². The van der Waals surface area contributed by atoms with Crippen molar-refractivity contribution < 1.29 is 17.9 Å². The number of aryl methyl sites for hydroxylation is 1. The maximum Gasteiger partial charge on any atom is 0.253 e. The average molecular weight is 441 g/mol. The molecular weight excluding hydrogens is 416 g/mol. The molecule has 31 heavy (non-hydrogen) atoms. The Morgan fingerprint density at radius 1 is 1.06 bits per heavy atom. The number of ether oxygens (including phenoxy) is 1. The lowest BCUT2D eigenvalue weighted by Crippen LogP contribution is -2.42. The van der Waals surface area contributed by atoms with Crippen molar-refractivity contribution in [3.8, 4) is 16.9 Å². The molecule has 1 aliphatic heterocycles. The monoisotopic (exact) mass is 440 g/mol. The number of sulfone groups is 1. The summed E-state index contributed by atoms with van der Waals surface area (Å²) in [5.74, 6) is 0.684. The molecule has 1 saturated heterocycles. The van der Waals surface area contributed by atoms with Crippen LogP contribution in [0, 0.1) is 0 Å². The number of hydrogen-bond donors (Lipinski definition) is 0. The summed E-state index contributed by atoms with van der Waals surface area (Å²) >= 11 is 0. The predicted molar refractivity (Wildman–Crippen MR) is 116 cm³/mol. The summed E-state index contributed by atoms with van der Waals surface area (Å²) in [6.45, 7) is 0.774. The number of carbonyl (C=O) groups is 1. The van der Waals surface area contributed by atoms with E-state index >= 15 is 0 Å². The standard InChI is InChI=1S/C22H24N4O4S/c1-25-15-23-24-22(25)31(28,29)20-10-12-26(13-11-20)21(27)17-8-6-16(7-9-17)18-4-3-5-19(14-18)30-2/h3-9,14-15,20H,10-13H2,1-2H3. The smallest absolute Gasteiger partial charge is 0.253 e. The van der Waals surface area contributed by atoms with E-state index in [-0.39, 0.29) is 11.1 Å². The summed E-state index contributed by atoms with van der Waals surface area (Å²) in [5.41, 5.74) is 2.58. The van der Waals surface area contributed by atoms with E-state index in [0.29, 0.717) is 31.5 Å². The molecule has 0 unspecified atom stereocenters. The third kappa shape index (κ3) is 4.18. The Bertz CT molecular complexity index is 1180. The van der Waals surface area contributed by atoms with Crippen molar-refractivity contribution in [1.29, 1.82) is 0 Å². The molecule has 1 amide bonds. The number of carbonyl (C=O) groups excluding carboxylic acids is 1. The van der Waals surface area contributed by atoms with E-state index in [9.17, 15) is 13.2 Å². The SMILES string of the molecule is COc1cccc(-c2ccc(C(=O)N3CCC(S(=O)(=O)c4nncn4C)CC3)cc2)c1. The van der Waals surface area contributed by atoms with Gasteiger partial charge in [-0.2, -0.15) is 0 Å². The summed E-state index contributed by atoms with van der Waals surface area (Å²) in [4.78, 5) is 14.6. The second kappa shape index (κ2) is 8.50. The van der Waals surface area contributed by atoms with Crippen molar-refractivity contribution in [3.63, 3.8) is 0 Å². The molecule has 162 valence electrons. The van der Waals surface area contributed by atoms with Crippen LogP contribution < -0.4 is 4.74 Å². The molecule has 0 saturated carbocycles. The van der Waals surface area contributed by atoms with Crippen molar-refractivity contribution in [2.45, 2.75) is 23.2 Å². The van der Waals surface area contributed by atoms with Gasteiger partial charge in [0, 0.05) is 25.7 Å². The van der Waals surface area contributed by atoms with Gasteiger partial charge >= 0.3 is 0 Å². The fraction of sp³-hybridized carbons (Fsp3) is 0.318. The van der Waals surface area contributed by atoms with Crippen LogP contribution in [-0.2, 0) is 16.9 Å². The minimum Gasteiger partial charge on any atom is -0.497 e. The Kier molecular flexibility index (Phi) is 5.77. The lowest BCUT2D eigenvalue weighted by atomic mass is 10.0. The minimum absolute atomic E-state index is 0.0228. The molecule has 9 heteroatoms. The molecule has 1 aliphatic rings. The molecule has 1 fully saturated rings. The zero-order valence-corrected chi connectivity index (χ0v) is 18.2. The van der Waals surface area contributed by atoms with Gasteiger partial charge in [-0.25, -0.2) is 8.42 Å². The molecule has 8 nitrogen and oxygen atoms in total. The van der Waals surface area contributed by atoms with Gasteiger partial charge in [0.1, 0.15) is 12.1 Å². The molecule has 2 aromatic carbocycles. The Morgan fingerprint density at radius 3 is 2.39 bits per heavy atom. The third-order valence-corrected chi connectivity index (χ3v) is 7.85. The van der Waals surface area contributed by atoms with Gasteiger partial charge in [0.2, 0.25) is 15.0 Å². The second-order valence-electron chi connectivity index (χ2n) is 7.57. The van der Waals surface area contributed by atoms with E-state index in [1.54, 1.807) is 31.2 Å². The molecule has 0 radical (unpaired) electrons. The van der Waals surface area contributed by atoms with E-state index in [4.69, 9.17) is 4.74 Å². The third-order valence-electron chi connectivity index (χ3n) is 5.63. The van der Waals surface area contributed by atoms with Crippen LogP contribution in [0.15, 0.2) is 60.0 Å². The van der Waals surface area contributed by atoms with Crippen LogP contribution in [0.25, 0.3) is 11.1 Å². The fourth-order valence-corrected chi connectivity index (χ4v) is 5.58. The number of amides is 1. The molecular formula is C22H24N4O4S. The van der Waals surface area contributed by atoms with Crippen LogP contribution in [0.3, 0.4) is 0 Å². The highest BCUT2D eigenvalue weighted by Crippen LogP contribution is 2.26. The highest BCUT2D eigenvalue weighted by atomic mass is 32.2. The quantitative estimate of drug-likeness (QED) is 0.605. The van der Waals surface area contributed by atoms with E-state index in [0.717, 1.165) is 16.9 Å². The number of nitrogens with zero attached hydrogens (tertiary/aromatic N) is 4. The normalized spacial score (nSPS) is 15.1. The van der Waals surface area contributed by atoms with Gasteiger partial charge < -0.3 is 14.2 Å². The highest BCUT2D eigenvalue weighted by molar-refractivity contribution is 7.91. The first-order chi connectivity index (χ1) is 14.9. The average Bonchev–Trinajstić information content (AvgIpc) is 3.25. The van der Waals surface area contributed by atoms with Crippen molar-refractivity contribution in [1.82, 2.24) is 19.7 Å². The molecule has 0 N–H and O–H groups in total. The number of methoxy groups -OCH3 is 1. The van der Waals surface area contributed by atoms with Gasteiger partial charge in [0.05, 0.1) is 12.4 Å². The number of piperidine rings is 1. The van der Waals surface area contributed by atoms with E-state index < -0.39 is 15.1 Å². The molecule has 0 bridgehead atoms. The summed E-state index contributed by atoms with van der Waals surface area (Å²) in [6, 6.07) is 15.2. The van der Waals surface area contributed by atoms with E-state index in [1.165, 1.54) is 10.9 Å². The first-order valence-electron chi connectivity index (χ1n) is 10.0. The van der Waals surface area contributed by atoms with Crippen molar-refractivity contribution in [2.24, 2.45) is 7.05 Å². The van der Waals surface area contributed by atoms with Crippen LogP contribution in [0.4, 0.5) is 0 Å². The lowest BCUT2D eigenvalue weighted by Gasteiger charge is -2.31. The summed E-state index contributed by atoms with van der Waals surface area (Å²) in [7, 11) is -0.325. The molecule has 0 aliphatic carbocycles. The molecule has 3 aromatic rings. The first kappa shape index (κ1) is 21.0. The number of benzene rings is 2. The number of likely N-dealkylation sites (tertiary alicyclic amines) is 1. The van der Waals surface area contributed by atoms with Crippen molar-refractivity contribution in [2.75, 3.05) is 20.2 Å². The maximum absolute atomic E-state index is 12.9. The number of rotatable bonds is 5. The Hall–Kier alpha value is -3.20. The second-order valence-corrected chi connectivity index (χ2v) is 9.69. The Morgan fingerprint density at radius 2 is 1.77 bits per heavy atom. The lowest BCUT2D eigenvalue weighted by molar-refractivity contribution is 0.0725. The van der Waals surface area contributed by atoms with Crippen LogP contribution in [0.2, 0.25) is 0 Å². The van der Waals surface area contributed by atoms with Gasteiger partial charge in [-0.05, 0) is 48.2 Å². The van der Waals surface area contributed by atoms with Crippen LogP contribution in [-0.4, -0.2) is 59.4 Å². The zero-order chi connectivity index (χ0) is 22.0. The van der Waals surface area contributed by atoms with Gasteiger partial charge in [-0.3, -0.25) is 4.79 Å². The van der Waals surface area contributed by atoms with Crippen LogP contribution >= 0.6 is 0 Å². The highest BCUT2D eigenvalue weighted by Gasteiger charge is 2.35. The molecule has 2 heterocycles. The number of hydrogen-bond acceptors (Lipinski definition) is 6. The fourth-order valence-electron chi connectivity index (χ4n) is 3.84. The molecule has 4 rings (SSSR count). The van der Waals surface area contributed by atoms with Crippen LogP contribution in [0.1, 0.15) is 23.2 Å². The number of aromatic nitrogens is 3. The first-order valence-corrected chi connectivity index (χ1v) is 11.6. The van der Waals surface area contributed by atoms with Gasteiger partial charge in [-0.15, -0.1) is 10.2 Å². The Labute approximate surface area is 181 Å². The zero-order valence-electron chi connectivity index (χ0n) is 17.4. The summed E-state index contributed by atoms with van der Waals surface area (Å²) in [6.07, 6.45) is 2.13. The minimum atomic E-state index is -3.56. The van der Waals surface area contributed by atoms with Gasteiger partial charge in [-0.1, -0.05) is 24.3 Å². The molecule has 1 aromatic heterocycles. The predicted octanol–water partition coefficient (Wildman–Crippen LogP) is 2.57. The van der Waals surface area contributed by atoms with Crippen molar-refractivity contribution in [3.05, 3.63) is 60.4 Å². The largest absolute Gasteiger partial charge is 0.497 e. The van der Waals surface area contributed by atoms with Gasteiger partial charge in [0.25, 0.3) is 5.91 Å². The van der Waals surface area contributed by atoms with E-state index in [1.807, 2.05) is 36.4 Å². The topological polar surface area (TPSA) is 94.4 Å². The van der Waals surface area contributed by atoms with E-state index in [2.05, 4.69) is 10.2 Å². The molecule has 0 atom stereocenters. The maximum atomic E-state index is 12.9. The Balaban J connectivity index is 1.42.